The first kappa shape index (κ1) is 25.6. The average molecular weight is 500 g/mol. The summed E-state index contributed by atoms with van der Waals surface area (Å²) in [5.41, 5.74) is 1.73. The Kier molecular flexibility index (Phi) is 8.98. The molecule has 11 heteroatoms. The quantitative estimate of drug-likeness (QED) is 0.265. The van der Waals surface area contributed by atoms with Crippen LogP contribution in [0.2, 0.25) is 5.02 Å². The van der Waals surface area contributed by atoms with Crippen LogP contribution in [0.25, 0.3) is 0 Å². The number of carbonyl (C=O) groups is 2. The fourth-order valence-electron chi connectivity index (χ4n) is 3.46. The topological polar surface area (TPSA) is 80.8 Å². The summed E-state index contributed by atoms with van der Waals surface area (Å²) >= 11 is 6.31. The van der Waals surface area contributed by atoms with Gasteiger partial charge >= 0.3 is 18.1 Å². The molecule has 1 aromatic carbocycles. The van der Waals surface area contributed by atoms with Gasteiger partial charge in [-0.1, -0.05) is 11.6 Å². The van der Waals surface area contributed by atoms with E-state index in [-0.39, 0.29) is 18.9 Å². The molecule has 34 heavy (non-hydrogen) atoms. The van der Waals surface area contributed by atoms with Gasteiger partial charge in [0.1, 0.15) is 12.4 Å². The fourth-order valence-corrected chi connectivity index (χ4v) is 3.68. The Hall–Kier alpha value is -3.01. The molecule has 1 heterocycles. The van der Waals surface area contributed by atoms with Crippen molar-refractivity contribution in [3.8, 4) is 5.75 Å². The number of esters is 2. The molecule has 0 amide bonds. The van der Waals surface area contributed by atoms with Crippen LogP contribution in [0.3, 0.4) is 0 Å². The molecule has 1 saturated carbocycles. The molecule has 1 aliphatic rings. The summed E-state index contributed by atoms with van der Waals surface area (Å²) in [5, 5.41) is 3.70. The fraction of sp³-hybridized carbons (Fsp3) is 0.435. The highest BCUT2D eigenvalue weighted by Gasteiger charge is 2.42. The van der Waals surface area contributed by atoms with Gasteiger partial charge in [-0.2, -0.15) is 13.2 Å². The van der Waals surface area contributed by atoms with Crippen LogP contribution in [0.15, 0.2) is 42.7 Å². The predicted octanol–water partition coefficient (Wildman–Crippen LogP) is 5.00. The number of alkyl halides is 3. The Morgan fingerprint density at radius 3 is 2.56 bits per heavy atom. The lowest BCUT2D eigenvalue weighted by Crippen LogP contribution is -2.41. The van der Waals surface area contributed by atoms with Gasteiger partial charge in [0, 0.05) is 60.4 Å². The summed E-state index contributed by atoms with van der Waals surface area (Å²) in [6, 6.07) is 9.27. The van der Waals surface area contributed by atoms with E-state index in [0.717, 1.165) is 30.6 Å². The molecule has 1 aromatic heterocycles. The van der Waals surface area contributed by atoms with Crippen LogP contribution >= 0.6 is 11.6 Å². The summed E-state index contributed by atoms with van der Waals surface area (Å²) in [7, 11) is 0. The van der Waals surface area contributed by atoms with Crippen LogP contribution in [-0.2, 0) is 14.3 Å². The summed E-state index contributed by atoms with van der Waals surface area (Å²) in [6.45, 7) is 1.35. The van der Waals surface area contributed by atoms with Crippen molar-refractivity contribution in [2.75, 3.05) is 29.9 Å². The van der Waals surface area contributed by atoms with E-state index < -0.39 is 18.1 Å². The molecule has 0 bridgehead atoms. The second kappa shape index (κ2) is 11.9. The number of nitrogens with zero attached hydrogens (tertiary/aromatic N) is 2. The van der Waals surface area contributed by atoms with Crippen LogP contribution in [0.1, 0.15) is 32.1 Å². The van der Waals surface area contributed by atoms with Crippen molar-refractivity contribution >= 4 is 34.9 Å². The van der Waals surface area contributed by atoms with Gasteiger partial charge in [-0.05, 0) is 49.9 Å². The Labute approximate surface area is 200 Å². The van der Waals surface area contributed by atoms with E-state index in [1.54, 1.807) is 24.5 Å². The molecule has 0 aliphatic heterocycles. The zero-order chi connectivity index (χ0) is 24.6. The number of hydrogen-bond acceptors (Lipinski definition) is 7. The third-order valence-corrected chi connectivity index (χ3v) is 5.52. The van der Waals surface area contributed by atoms with Crippen LogP contribution < -0.4 is 15.0 Å². The van der Waals surface area contributed by atoms with Crippen LogP contribution in [-0.4, -0.2) is 48.8 Å². The van der Waals surface area contributed by atoms with Crippen molar-refractivity contribution in [1.29, 1.82) is 0 Å². The number of rotatable bonds is 11. The second-order valence-electron chi connectivity index (χ2n) is 7.80. The Morgan fingerprint density at radius 2 is 1.91 bits per heavy atom. The van der Waals surface area contributed by atoms with E-state index in [9.17, 15) is 22.8 Å². The van der Waals surface area contributed by atoms with Crippen molar-refractivity contribution in [2.24, 2.45) is 0 Å². The number of halogens is 4. The molecule has 1 fully saturated rings. The lowest BCUT2D eigenvalue weighted by molar-refractivity contribution is -0.201. The minimum absolute atomic E-state index is 0.221. The molecule has 3 rings (SSSR count). The smallest absolute Gasteiger partial charge is 0.491 e. The minimum Gasteiger partial charge on any atom is -0.492 e. The Balaban J connectivity index is 1.55. The molecular weight excluding hydrogens is 475 g/mol. The first-order valence-electron chi connectivity index (χ1n) is 10.9. The number of hydrogen-bond donors (Lipinski definition) is 1. The molecule has 0 atom stereocenters. The van der Waals surface area contributed by atoms with E-state index in [4.69, 9.17) is 16.3 Å². The van der Waals surface area contributed by atoms with E-state index in [1.165, 1.54) is 0 Å². The van der Waals surface area contributed by atoms with Crippen molar-refractivity contribution in [2.45, 2.75) is 44.3 Å². The Bertz CT molecular complexity index is 972. The highest BCUT2D eigenvalue weighted by molar-refractivity contribution is 6.31. The van der Waals surface area contributed by atoms with Crippen LogP contribution in [0.4, 0.5) is 24.5 Å². The van der Waals surface area contributed by atoms with E-state index >= 15 is 0 Å². The van der Waals surface area contributed by atoms with Gasteiger partial charge in [0.05, 0.1) is 0 Å². The van der Waals surface area contributed by atoms with Gasteiger partial charge in [-0.25, -0.2) is 4.79 Å². The van der Waals surface area contributed by atoms with Gasteiger partial charge in [-0.3, -0.25) is 9.78 Å². The maximum atomic E-state index is 12.2. The number of carbonyl (C=O) groups excluding carboxylic acids is 2. The summed E-state index contributed by atoms with van der Waals surface area (Å²) < 4.78 is 46.4. The lowest BCUT2D eigenvalue weighted by atomic mass is 9.90. The molecular formula is C23H25ClF3N3O4. The number of benzene rings is 1. The molecule has 0 saturated heterocycles. The van der Waals surface area contributed by atoms with E-state index in [2.05, 4.69) is 19.9 Å². The number of nitrogens with one attached hydrogen (secondary N) is 1. The highest BCUT2D eigenvalue weighted by atomic mass is 35.5. The Morgan fingerprint density at radius 1 is 1.18 bits per heavy atom. The normalized spacial score (nSPS) is 13.6. The largest absolute Gasteiger partial charge is 0.492 e. The zero-order valence-corrected chi connectivity index (χ0v) is 19.1. The third kappa shape index (κ3) is 7.79. The van der Waals surface area contributed by atoms with Gasteiger partial charge in [0.2, 0.25) is 0 Å². The second-order valence-corrected chi connectivity index (χ2v) is 8.23. The maximum Gasteiger partial charge on any atom is 0.491 e. The average Bonchev–Trinajstić information content (AvgIpc) is 2.74. The molecule has 0 unspecified atom stereocenters. The SMILES string of the molecule is O=C(CCCN(c1cc(Cl)cc(OCCNc2ccncc2)c1)C1CCC1)OC(=O)C(F)(F)F. The van der Waals surface area contributed by atoms with E-state index in [1.807, 2.05) is 18.2 Å². The zero-order valence-electron chi connectivity index (χ0n) is 18.3. The van der Waals surface area contributed by atoms with E-state index in [0.29, 0.717) is 30.5 Å². The number of pyridine rings is 1. The van der Waals surface area contributed by atoms with Crippen molar-refractivity contribution in [3.05, 3.63) is 47.7 Å². The van der Waals surface area contributed by atoms with Crippen LogP contribution in [0.5, 0.6) is 5.75 Å². The molecule has 1 aliphatic carbocycles. The van der Waals surface area contributed by atoms with Crippen molar-refractivity contribution in [1.82, 2.24) is 4.98 Å². The molecule has 0 spiro atoms. The number of ether oxygens (including phenoxy) is 2. The van der Waals surface area contributed by atoms with Gasteiger partial charge in [-0.15, -0.1) is 0 Å². The summed E-state index contributed by atoms with van der Waals surface area (Å²) in [4.78, 5) is 28.4. The van der Waals surface area contributed by atoms with Crippen LogP contribution in [0, 0.1) is 0 Å². The molecule has 1 N–H and O–H groups in total. The van der Waals surface area contributed by atoms with Crippen molar-refractivity contribution in [3.63, 3.8) is 0 Å². The highest BCUT2D eigenvalue weighted by Crippen LogP contribution is 2.34. The first-order chi connectivity index (χ1) is 16.2. The number of anilines is 2. The van der Waals surface area contributed by atoms with Gasteiger partial charge in [0.25, 0.3) is 0 Å². The molecule has 2 aromatic rings. The van der Waals surface area contributed by atoms with Gasteiger partial charge < -0.3 is 19.7 Å². The molecule has 184 valence electrons. The number of aromatic nitrogens is 1. The summed E-state index contributed by atoms with van der Waals surface area (Å²) in [5.74, 6) is -3.12. The minimum atomic E-state index is -5.20. The summed E-state index contributed by atoms with van der Waals surface area (Å²) in [6.07, 6.45) is 1.07. The standard InChI is InChI=1S/C23H25ClF3N3O4/c24-16-13-19(15-20(14-16)33-12-10-29-17-6-8-28-9-7-17)30(18-3-1-4-18)11-2-5-21(31)34-22(32)23(25,26)27/h6-9,13-15,18H,1-5,10-12H2,(H,28,29). The van der Waals surface area contributed by atoms with Gasteiger partial charge in [0.15, 0.2) is 0 Å². The third-order valence-electron chi connectivity index (χ3n) is 5.30. The first-order valence-corrected chi connectivity index (χ1v) is 11.3. The molecule has 0 radical (unpaired) electrons. The lowest BCUT2D eigenvalue weighted by Gasteiger charge is -2.39. The maximum absolute atomic E-state index is 12.2. The predicted molar refractivity (Wildman–Crippen MR) is 121 cm³/mol. The monoisotopic (exact) mass is 499 g/mol. The van der Waals surface area contributed by atoms with Crippen molar-refractivity contribution < 1.29 is 32.2 Å². The molecule has 7 nitrogen and oxygen atoms in total.